The van der Waals surface area contributed by atoms with Gasteiger partial charge in [0.25, 0.3) is 0 Å². The highest BCUT2D eigenvalue weighted by Gasteiger charge is 2.21. The number of fused-ring (bicyclic) bond motifs is 1. The van der Waals surface area contributed by atoms with Crippen LogP contribution in [-0.2, 0) is 0 Å². The molecule has 5 heteroatoms. The number of hydrogen-bond donors (Lipinski definition) is 0. The first-order chi connectivity index (χ1) is 10.9. The summed E-state index contributed by atoms with van der Waals surface area (Å²) >= 11 is 0. The highest BCUT2D eigenvalue weighted by atomic mass is 15.3. The Morgan fingerprint density at radius 2 is 2.00 bits per heavy atom. The largest absolute Gasteiger partial charge is 0.353 e. The maximum Gasteiger partial charge on any atom is 0.153 e. The molecule has 4 rings (SSSR count). The van der Waals surface area contributed by atoms with Crippen LogP contribution in [0.4, 0.5) is 5.82 Å². The van der Waals surface area contributed by atoms with Gasteiger partial charge in [-0.2, -0.15) is 0 Å². The van der Waals surface area contributed by atoms with Crippen molar-refractivity contribution in [3.63, 3.8) is 0 Å². The summed E-state index contributed by atoms with van der Waals surface area (Å²) in [6, 6.07) is 4.13. The molecule has 116 valence electrons. The van der Waals surface area contributed by atoms with E-state index < -0.39 is 0 Å². The van der Waals surface area contributed by atoms with Crippen molar-refractivity contribution < 1.29 is 0 Å². The van der Waals surface area contributed by atoms with Gasteiger partial charge in [-0.3, -0.25) is 4.90 Å². The van der Waals surface area contributed by atoms with Crippen molar-refractivity contribution in [1.82, 2.24) is 19.5 Å². The van der Waals surface area contributed by atoms with Crippen LogP contribution in [0.25, 0.3) is 5.65 Å². The summed E-state index contributed by atoms with van der Waals surface area (Å²) in [6.45, 7) is 5.67. The SMILES string of the molecule is C1=CC[C@H](CN2CCN(c3ccc4nccn4n3)CC2)CC1. The second kappa shape index (κ2) is 6.08. The van der Waals surface area contributed by atoms with Crippen LogP contribution in [0.15, 0.2) is 36.7 Å². The van der Waals surface area contributed by atoms with Crippen LogP contribution in [0, 0.1) is 5.92 Å². The zero-order chi connectivity index (χ0) is 14.8. The van der Waals surface area contributed by atoms with Gasteiger partial charge in [-0.05, 0) is 37.3 Å². The molecule has 2 aromatic heterocycles. The molecule has 1 aliphatic carbocycles. The summed E-state index contributed by atoms with van der Waals surface area (Å²) in [6.07, 6.45) is 12.3. The first-order valence-corrected chi connectivity index (χ1v) is 8.31. The maximum atomic E-state index is 4.65. The van der Waals surface area contributed by atoms with E-state index >= 15 is 0 Å². The normalized spacial score (nSPS) is 23.3. The van der Waals surface area contributed by atoms with E-state index in [1.54, 1.807) is 6.20 Å². The molecule has 5 nitrogen and oxygen atoms in total. The molecular formula is C17H23N5. The van der Waals surface area contributed by atoms with Gasteiger partial charge in [0.05, 0.1) is 0 Å². The Morgan fingerprint density at radius 1 is 1.09 bits per heavy atom. The Bertz CT molecular complexity index is 654. The topological polar surface area (TPSA) is 36.7 Å². The molecule has 1 atom stereocenters. The molecule has 0 aromatic carbocycles. The third-order valence-corrected chi connectivity index (χ3v) is 4.83. The first kappa shape index (κ1) is 13.8. The number of rotatable bonds is 3. The Kier molecular flexibility index (Phi) is 3.81. The van der Waals surface area contributed by atoms with Gasteiger partial charge in [0.15, 0.2) is 5.65 Å². The van der Waals surface area contributed by atoms with Crippen LogP contribution < -0.4 is 4.90 Å². The second-order valence-electron chi connectivity index (χ2n) is 6.36. The third-order valence-electron chi connectivity index (χ3n) is 4.83. The maximum absolute atomic E-state index is 4.65. The number of imidazole rings is 1. The van der Waals surface area contributed by atoms with E-state index in [4.69, 9.17) is 0 Å². The quantitative estimate of drug-likeness (QED) is 0.814. The van der Waals surface area contributed by atoms with Crippen molar-refractivity contribution in [2.45, 2.75) is 19.3 Å². The zero-order valence-corrected chi connectivity index (χ0v) is 12.9. The Labute approximate surface area is 131 Å². The van der Waals surface area contributed by atoms with E-state index in [0.717, 1.165) is 43.6 Å². The third kappa shape index (κ3) is 2.86. The van der Waals surface area contributed by atoms with Crippen molar-refractivity contribution in [3.05, 3.63) is 36.7 Å². The van der Waals surface area contributed by atoms with E-state index in [1.807, 2.05) is 16.8 Å². The molecule has 3 heterocycles. The van der Waals surface area contributed by atoms with Gasteiger partial charge in [0.1, 0.15) is 5.82 Å². The molecule has 1 saturated heterocycles. The Hall–Kier alpha value is -1.88. The number of aromatic nitrogens is 3. The minimum atomic E-state index is 0.858. The molecular weight excluding hydrogens is 274 g/mol. The molecule has 22 heavy (non-hydrogen) atoms. The van der Waals surface area contributed by atoms with E-state index in [9.17, 15) is 0 Å². The van der Waals surface area contributed by atoms with Crippen LogP contribution in [0.5, 0.6) is 0 Å². The lowest BCUT2D eigenvalue weighted by molar-refractivity contribution is 0.211. The molecule has 1 fully saturated rings. The molecule has 0 N–H and O–H groups in total. The van der Waals surface area contributed by atoms with Crippen LogP contribution in [-0.4, -0.2) is 52.2 Å². The summed E-state index contributed by atoms with van der Waals surface area (Å²) in [5.41, 5.74) is 0.910. The fourth-order valence-electron chi connectivity index (χ4n) is 3.52. The van der Waals surface area contributed by atoms with Gasteiger partial charge < -0.3 is 4.90 Å². The molecule has 2 aromatic rings. The van der Waals surface area contributed by atoms with Crippen LogP contribution in [0.3, 0.4) is 0 Å². The van der Waals surface area contributed by atoms with E-state index in [2.05, 4.69) is 38.1 Å². The highest BCUT2D eigenvalue weighted by Crippen LogP contribution is 2.21. The predicted octanol–water partition coefficient (Wildman–Crippen LogP) is 2.21. The van der Waals surface area contributed by atoms with Crippen molar-refractivity contribution in [1.29, 1.82) is 0 Å². The molecule has 1 aliphatic heterocycles. The minimum Gasteiger partial charge on any atom is -0.353 e. The molecule has 0 bridgehead atoms. The smallest absolute Gasteiger partial charge is 0.153 e. The Balaban J connectivity index is 1.35. The van der Waals surface area contributed by atoms with E-state index in [-0.39, 0.29) is 0 Å². The lowest BCUT2D eigenvalue weighted by atomic mass is 9.94. The molecule has 0 amide bonds. The van der Waals surface area contributed by atoms with Crippen LogP contribution in [0.1, 0.15) is 19.3 Å². The average molecular weight is 297 g/mol. The van der Waals surface area contributed by atoms with Gasteiger partial charge in [-0.25, -0.2) is 9.50 Å². The number of anilines is 1. The van der Waals surface area contributed by atoms with Crippen LogP contribution in [0.2, 0.25) is 0 Å². The van der Waals surface area contributed by atoms with Gasteiger partial charge in [0.2, 0.25) is 0 Å². The molecule has 0 spiro atoms. The van der Waals surface area contributed by atoms with E-state index in [1.165, 1.54) is 25.8 Å². The fraction of sp³-hybridized carbons (Fsp3) is 0.529. The minimum absolute atomic E-state index is 0.858. The summed E-state index contributed by atoms with van der Waals surface area (Å²) in [5, 5.41) is 4.65. The van der Waals surface area contributed by atoms with Gasteiger partial charge in [-0.1, -0.05) is 12.2 Å². The predicted molar refractivity (Wildman–Crippen MR) is 88.1 cm³/mol. The van der Waals surface area contributed by atoms with Crippen LogP contribution >= 0.6 is 0 Å². The standard InChI is InChI=1S/C17H23N5/c1-2-4-15(5-3-1)14-20-10-12-21(13-11-20)17-7-6-16-18-8-9-22(16)19-17/h1-2,6-9,15H,3-5,10-14H2/t15-/m0/s1. The summed E-state index contributed by atoms with van der Waals surface area (Å²) in [7, 11) is 0. The molecule has 0 unspecified atom stereocenters. The molecule has 0 radical (unpaired) electrons. The zero-order valence-electron chi connectivity index (χ0n) is 12.9. The summed E-state index contributed by atoms with van der Waals surface area (Å²) in [4.78, 5) is 9.26. The number of allylic oxidation sites excluding steroid dienone is 2. The first-order valence-electron chi connectivity index (χ1n) is 8.31. The highest BCUT2D eigenvalue weighted by molar-refractivity contribution is 5.46. The van der Waals surface area contributed by atoms with Crippen molar-refractivity contribution >= 4 is 11.5 Å². The summed E-state index contributed by atoms with van der Waals surface area (Å²) < 4.78 is 1.86. The van der Waals surface area contributed by atoms with Crippen molar-refractivity contribution in [3.8, 4) is 0 Å². The number of hydrogen-bond acceptors (Lipinski definition) is 4. The fourth-order valence-corrected chi connectivity index (χ4v) is 3.52. The average Bonchev–Trinajstić information content (AvgIpc) is 3.04. The van der Waals surface area contributed by atoms with Gasteiger partial charge in [0, 0.05) is 45.1 Å². The molecule has 0 saturated carbocycles. The lowest BCUT2D eigenvalue weighted by Gasteiger charge is -2.37. The van der Waals surface area contributed by atoms with E-state index in [0.29, 0.717) is 0 Å². The van der Waals surface area contributed by atoms with Crippen molar-refractivity contribution in [2.75, 3.05) is 37.6 Å². The molecule has 2 aliphatic rings. The number of piperazine rings is 1. The van der Waals surface area contributed by atoms with Gasteiger partial charge in [-0.15, -0.1) is 5.10 Å². The second-order valence-corrected chi connectivity index (χ2v) is 6.36. The summed E-state index contributed by atoms with van der Waals surface area (Å²) in [5.74, 6) is 1.92. The van der Waals surface area contributed by atoms with Gasteiger partial charge >= 0.3 is 0 Å². The monoisotopic (exact) mass is 297 g/mol. The number of nitrogens with zero attached hydrogens (tertiary/aromatic N) is 5. The van der Waals surface area contributed by atoms with Crippen molar-refractivity contribution in [2.24, 2.45) is 5.92 Å². The lowest BCUT2D eigenvalue weighted by Crippen LogP contribution is -2.48. The Morgan fingerprint density at radius 3 is 2.82 bits per heavy atom.